The zero-order valence-electron chi connectivity index (χ0n) is 12.3. The molecule has 116 valence electrons. The molecule has 0 spiro atoms. The van der Waals surface area contributed by atoms with Gasteiger partial charge in [0.05, 0.1) is 29.9 Å². The molecule has 4 N–H and O–H groups in total. The lowest BCUT2D eigenvalue weighted by Crippen LogP contribution is -2.35. The Morgan fingerprint density at radius 2 is 2.14 bits per heavy atom. The van der Waals surface area contributed by atoms with E-state index in [-0.39, 0.29) is 18.4 Å². The van der Waals surface area contributed by atoms with Crippen LogP contribution < -0.4 is 16.2 Å². The molecule has 6 heteroatoms. The van der Waals surface area contributed by atoms with Crippen LogP contribution in [0.1, 0.15) is 18.4 Å². The first-order valence-electron chi connectivity index (χ1n) is 7.47. The molecule has 1 aliphatic heterocycles. The van der Waals surface area contributed by atoms with Gasteiger partial charge in [-0.1, -0.05) is 6.07 Å². The van der Waals surface area contributed by atoms with Gasteiger partial charge in [-0.25, -0.2) is 5.84 Å². The largest absolute Gasteiger partial charge is 0.393 e. The maximum absolute atomic E-state index is 11.4. The van der Waals surface area contributed by atoms with Gasteiger partial charge in [-0.05, 0) is 36.6 Å². The van der Waals surface area contributed by atoms with Crippen LogP contribution in [0, 0.1) is 0 Å². The summed E-state index contributed by atoms with van der Waals surface area (Å²) >= 11 is 0. The van der Waals surface area contributed by atoms with Crippen molar-refractivity contribution in [2.24, 2.45) is 5.84 Å². The average molecular weight is 300 g/mol. The number of carbonyl (C=O) groups excluding carboxylic acids is 1. The molecule has 3 rings (SSSR count). The third-order valence-corrected chi connectivity index (χ3v) is 4.09. The van der Waals surface area contributed by atoms with Crippen molar-refractivity contribution in [1.29, 1.82) is 0 Å². The highest BCUT2D eigenvalue weighted by Gasteiger charge is 2.17. The summed E-state index contributed by atoms with van der Waals surface area (Å²) in [7, 11) is 0. The van der Waals surface area contributed by atoms with Gasteiger partial charge >= 0.3 is 0 Å². The van der Waals surface area contributed by atoms with Gasteiger partial charge in [-0.3, -0.25) is 15.2 Å². The van der Waals surface area contributed by atoms with E-state index >= 15 is 0 Å². The fraction of sp³-hybridized carbons (Fsp3) is 0.375. The van der Waals surface area contributed by atoms with Crippen molar-refractivity contribution in [3.05, 3.63) is 36.0 Å². The molecule has 1 aromatic carbocycles. The van der Waals surface area contributed by atoms with Crippen molar-refractivity contribution < 1.29 is 9.90 Å². The number of fused-ring (bicyclic) bond motifs is 1. The van der Waals surface area contributed by atoms with Gasteiger partial charge < -0.3 is 10.0 Å². The van der Waals surface area contributed by atoms with Crippen molar-refractivity contribution in [3.63, 3.8) is 0 Å². The van der Waals surface area contributed by atoms with Crippen molar-refractivity contribution >= 4 is 22.5 Å². The second kappa shape index (κ2) is 6.29. The summed E-state index contributed by atoms with van der Waals surface area (Å²) in [6, 6.07) is 7.86. The number of amides is 1. The van der Waals surface area contributed by atoms with E-state index < -0.39 is 0 Å². The Hall–Kier alpha value is -2.18. The third kappa shape index (κ3) is 3.18. The van der Waals surface area contributed by atoms with Gasteiger partial charge in [0.15, 0.2) is 0 Å². The number of aromatic nitrogens is 1. The van der Waals surface area contributed by atoms with E-state index in [1.807, 2.05) is 24.4 Å². The average Bonchev–Trinajstić information content (AvgIpc) is 2.54. The Kier molecular flexibility index (Phi) is 4.22. The first-order chi connectivity index (χ1) is 10.7. The Morgan fingerprint density at radius 3 is 2.86 bits per heavy atom. The number of aliphatic hydroxyl groups is 1. The number of aliphatic hydroxyl groups excluding tert-OH is 1. The number of nitrogens with two attached hydrogens (primary N) is 1. The van der Waals surface area contributed by atoms with E-state index in [1.165, 1.54) is 0 Å². The summed E-state index contributed by atoms with van der Waals surface area (Å²) in [5, 5.41) is 10.6. The SMILES string of the molecule is NNC(=O)Cc1ccc2ncc(N3CCC(O)CC3)cc2c1. The number of pyridine rings is 1. The van der Waals surface area contributed by atoms with Crippen LogP contribution in [0.3, 0.4) is 0 Å². The summed E-state index contributed by atoms with van der Waals surface area (Å²) in [4.78, 5) is 18.1. The second-order valence-corrected chi connectivity index (χ2v) is 5.68. The normalized spacial score (nSPS) is 16.0. The zero-order valence-corrected chi connectivity index (χ0v) is 12.3. The minimum absolute atomic E-state index is 0.189. The molecule has 0 radical (unpaired) electrons. The molecular formula is C16H20N4O2. The first kappa shape index (κ1) is 14.7. The fourth-order valence-electron chi connectivity index (χ4n) is 2.81. The van der Waals surface area contributed by atoms with E-state index in [4.69, 9.17) is 5.84 Å². The van der Waals surface area contributed by atoms with Gasteiger partial charge in [0.2, 0.25) is 5.91 Å². The van der Waals surface area contributed by atoms with Gasteiger partial charge in [-0.2, -0.15) is 0 Å². The number of rotatable bonds is 3. The van der Waals surface area contributed by atoms with Crippen LogP contribution in [0.25, 0.3) is 10.9 Å². The number of anilines is 1. The molecule has 1 aromatic heterocycles. The number of hydrazine groups is 1. The molecule has 0 aliphatic carbocycles. The van der Waals surface area contributed by atoms with E-state index in [2.05, 4.69) is 21.4 Å². The Balaban J connectivity index is 1.85. The third-order valence-electron chi connectivity index (χ3n) is 4.09. The maximum Gasteiger partial charge on any atom is 0.238 e. The molecular weight excluding hydrogens is 280 g/mol. The summed E-state index contributed by atoms with van der Waals surface area (Å²) in [5.41, 5.74) is 5.00. The highest BCUT2D eigenvalue weighted by atomic mass is 16.3. The molecule has 2 heterocycles. The van der Waals surface area contributed by atoms with Crippen LogP contribution in [0.15, 0.2) is 30.5 Å². The van der Waals surface area contributed by atoms with E-state index in [0.717, 1.165) is 48.1 Å². The Labute approximate surface area is 128 Å². The Bertz CT molecular complexity index is 681. The van der Waals surface area contributed by atoms with Crippen molar-refractivity contribution in [1.82, 2.24) is 10.4 Å². The number of piperidine rings is 1. The predicted molar refractivity (Wildman–Crippen MR) is 85.2 cm³/mol. The molecule has 2 aromatic rings. The number of nitrogens with zero attached hydrogens (tertiary/aromatic N) is 2. The van der Waals surface area contributed by atoms with Gasteiger partial charge in [0.1, 0.15) is 0 Å². The monoisotopic (exact) mass is 300 g/mol. The lowest BCUT2D eigenvalue weighted by atomic mass is 10.1. The van der Waals surface area contributed by atoms with Gasteiger partial charge in [-0.15, -0.1) is 0 Å². The van der Waals surface area contributed by atoms with Crippen LogP contribution in [0.2, 0.25) is 0 Å². The molecule has 6 nitrogen and oxygen atoms in total. The number of carbonyl (C=O) groups is 1. The van der Waals surface area contributed by atoms with Crippen molar-refractivity contribution in [2.45, 2.75) is 25.4 Å². The molecule has 0 unspecified atom stereocenters. The lowest BCUT2D eigenvalue weighted by Gasteiger charge is -2.31. The number of benzene rings is 1. The molecule has 1 amide bonds. The molecule has 0 bridgehead atoms. The van der Waals surface area contributed by atoms with Crippen LogP contribution in [0.5, 0.6) is 0 Å². The minimum atomic E-state index is -0.214. The maximum atomic E-state index is 11.4. The number of hydrogen-bond donors (Lipinski definition) is 3. The standard InChI is InChI=1S/C16H20N4O2/c17-19-16(22)8-11-1-2-15-12(7-11)9-13(10-18-15)20-5-3-14(21)4-6-20/h1-2,7,9-10,14,21H,3-6,8,17H2,(H,19,22). The van der Waals surface area contributed by atoms with Crippen LogP contribution in [0.4, 0.5) is 5.69 Å². The summed E-state index contributed by atoms with van der Waals surface area (Å²) < 4.78 is 0. The van der Waals surface area contributed by atoms with E-state index in [1.54, 1.807) is 0 Å². The van der Waals surface area contributed by atoms with Crippen LogP contribution in [-0.2, 0) is 11.2 Å². The van der Waals surface area contributed by atoms with Crippen LogP contribution >= 0.6 is 0 Å². The highest BCUT2D eigenvalue weighted by Crippen LogP contribution is 2.24. The first-order valence-corrected chi connectivity index (χ1v) is 7.47. The van der Waals surface area contributed by atoms with Crippen molar-refractivity contribution in [2.75, 3.05) is 18.0 Å². The van der Waals surface area contributed by atoms with Crippen molar-refractivity contribution in [3.8, 4) is 0 Å². The summed E-state index contributed by atoms with van der Waals surface area (Å²) in [5.74, 6) is 4.91. The molecule has 0 saturated carbocycles. The number of hydrogen-bond acceptors (Lipinski definition) is 5. The summed E-state index contributed by atoms with van der Waals surface area (Å²) in [6.45, 7) is 1.67. The van der Waals surface area contributed by atoms with Gasteiger partial charge in [0, 0.05) is 18.5 Å². The van der Waals surface area contributed by atoms with Gasteiger partial charge in [0.25, 0.3) is 0 Å². The molecule has 1 fully saturated rings. The quantitative estimate of drug-likeness (QED) is 0.441. The molecule has 1 saturated heterocycles. The smallest absolute Gasteiger partial charge is 0.238 e. The van der Waals surface area contributed by atoms with E-state index in [9.17, 15) is 9.90 Å². The lowest BCUT2D eigenvalue weighted by molar-refractivity contribution is -0.120. The van der Waals surface area contributed by atoms with Crippen LogP contribution in [-0.4, -0.2) is 35.2 Å². The Morgan fingerprint density at radius 1 is 1.36 bits per heavy atom. The topological polar surface area (TPSA) is 91.5 Å². The van der Waals surface area contributed by atoms with E-state index in [0.29, 0.717) is 0 Å². The second-order valence-electron chi connectivity index (χ2n) is 5.68. The molecule has 1 aliphatic rings. The summed E-state index contributed by atoms with van der Waals surface area (Å²) in [6.07, 6.45) is 3.51. The predicted octanol–water partition coefficient (Wildman–Crippen LogP) is 0.728. The highest BCUT2D eigenvalue weighted by molar-refractivity contribution is 5.84. The zero-order chi connectivity index (χ0) is 15.5. The fourth-order valence-corrected chi connectivity index (χ4v) is 2.81. The molecule has 22 heavy (non-hydrogen) atoms. The number of nitrogens with one attached hydrogen (secondary N) is 1. The molecule has 0 atom stereocenters. The minimum Gasteiger partial charge on any atom is -0.393 e.